The van der Waals surface area contributed by atoms with Crippen LogP contribution in [0, 0.1) is 0 Å². The van der Waals surface area contributed by atoms with E-state index in [1.54, 1.807) is 6.33 Å². The standard InChI is InChI=1S/C21H30N6O2/c1-16(2)27-8-4-6-18(27)21(28)24-17-5-3-7-26(14-17)20-13-19(22-15-23-20)25-9-11-29-12-10-25/h4,6,8,13,15-17H,3,5,7,9-12,14H2,1-2H3,(H,24,28)/t17-/m1/s1. The molecule has 2 aliphatic rings. The predicted octanol–water partition coefficient (Wildman–Crippen LogP) is 2.09. The molecule has 4 heterocycles. The second-order valence-electron chi connectivity index (χ2n) is 7.99. The number of nitrogens with one attached hydrogen (secondary N) is 1. The second-order valence-corrected chi connectivity index (χ2v) is 7.99. The first-order chi connectivity index (χ1) is 14.1. The molecular weight excluding hydrogens is 368 g/mol. The molecule has 0 aromatic carbocycles. The molecule has 2 fully saturated rings. The minimum Gasteiger partial charge on any atom is -0.378 e. The number of morpholine rings is 1. The zero-order chi connectivity index (χ0) is 20.2. The molecule has 8 heteroatoms. The number of piperidine rings is 1. The van der Waals surface area contributed by atoms with Gasteiger partial charge in [-0.05, 0) is 38.8 Å². The SMILES string of the molecule is CC(C)n1cccc1C(=O)N[C@@H]1CCCN(c2cc(N3CCOCC3)ncn2)C1. The Balaban J connectivity index is 1.42. The Morgan fingerprint density at radius 1 is 1.17 bits per heavy atom. The summed E-state index contributed by atoms with van der Waals surface area (Å²) >= 11 is 0. The summed E-state index contributed by atoms with van der Waals surface area (Å²) in [6, 6.07) is 6.23. The monoisotopic (exact) mass is 398 g/mol. The normalized spacial score (nSPS) is 20.2. The van der Waals surface area contributed by atoms with Gasteiger partial charge in [-0.2, -0.15) is 0 Å². The smallest absolute Gasteiger partial charge is 0.268 e. The fourth-order valence-corrected chi connectivity index (χ4v) is 4.07. The largest absolute Gasteiger partial charge is 0.378 e. The highest BCUT2D eigenvalue weighted by Crippen LogP contribution is 2.22. The number of ether oxygens (including phenoxy) is 1. The van der Waals surface area contributed by atoms with Crippen LogP contribution in [0.1, 0.15) is 43.2 Å². The van der Waals surface area contributed by atoms with Crippen molar-refractivity contribution in [1.82, 2.24) is 19.9 Å². The van der Waals surface area contributed by atoms with Crippen molar-refractivity contribution in [3.05, 3.63) is 36.4 Å². The van der Waals surface area contributed by atoms with Crippen LogP contribution in [-0.4, -0.2) is 65.9 Å². The highest BCUT2D eigenvalue weighted by atomic mass is 16.5. The van der Waals surface area contributed by atoms with E-state index in [2.05, 4.69) is 45.0 Å². The van der Waals surface area contributed by atoms with E-state index < -0.39 is 0 Å². The number of carbonyl (C=O) groups is 1. The zero-order valence-corrected chi connectivity index (χ0v) is 17.3. The molecule has 2 aliphatic heterocycles. The van der Waals surface area contributed by atoms with Gasteiger partial charge < -0.3 is 24.4 Å². The van der Waals surface area contributed by atoms with Crippen LogP contribution in [0.5, 0.6) is 0 Å². The number of nitrogens with zero attached hydrogens (tertiary/aromatic N) is 5. The lowest BCUT2D eigenvalue weighted by atomic mass is 10.1. The van der Waals surface area contributed by atoms with Crippen molar-refractivity contribution in [1.29, 1.82) is 0 Å². The summed E-state index contributed by atoms with van der Waals surface area (Å²) in [5.74, 6) is 1.86. The third-order valence-electron chi connectivity index (χ3n) is 5.62. The lowest BCUT2D eigenvalue weighted by molar-refractivity contribution is 0.0922. The maximum Gasteiger partial charge on any atom is 0.268 e. The molecule has 2 aromatic heterocycles. The van der Waals surface area contributed by atoms with E-state index in [1.165, 1.54) is 0 Å². The number of rotatable bonds is 5. The first-order valence-electron chi connectivity index (χ1n) is 10.5. The number of hydrogen-bond acceptors (Lipinski definition) is 6. The van der Waals surface area contributed by atoms with Gasteiger partial charge in [0.2, 0.25) is 0 Å². The predicted molar refractivity (Wildman–Crippen MR) is 113 cm³/mol. The van der Waals surface area contributed by atoms with Crippen LogP contribution in [-0.2, 0) is 4.74 Å². The maximum absolute atomic E-state index is 12.8. The summed E-state index contributed by atoms with van der Waals surface area (Å²) in [6.45, 7) is 9.03. The molecule has 2 aromatic rings. The molecule has 0 unspecified atom stereocenters. The van der Waals surface area contributed by atoms with Crippen LogP contribution in [0.4, 0.5) is 11.6 Å². The lowest BCUT2D eigenvalue weighted by Gasteiger charge is -2.34. The molecule has 0 aliphatic carbocycles. The molecule has 0 spiro atoms. The Bertz CT molecular complexity index is 830. The van der Waals surface area contributed by atoms with Crippen LogP contribution in [0.2, 0.25) is 0 Å². The van der Waals surface area contributed by atoms with Crippen molar-refractivity contribution in [2.24, 2.45) is 0 Å². The molecule has 4 rings (SSSR count). The molecule has 0 saturated carbocycles. The zero-order valence-electron chi connectivity index (χ0n) is 17.3. The summed E-state index contributed by atoms with van der Waals surface area (Å²) in [7, 11) is 0. The highest BCUT2D eigenvalue weighted by molar-refractivity contribution is 5.93. The van der Waals surface area contributed by atoms with Gasteiger partial charge in [0, 0.05) is 50.5 Å². The first kappa shape index (κ1) is 19.7. The molecule has 156 valence electrons. The second kappa shape index (κ2) is 8.82. The van der Waals surface area contributed by atoms with Crippen molar-refractivity contribution in [3.63, 3.8) is 0 Å². The molecule has 29 heavy (non-hydrogen) atoms. The molecular formula is C21H30N6O2. The van der Waals surface area contributed by atoms with Crippen LogP contribution in [0.15, 0.2) is 30.7 Å². The van der Waals surface area contributed by atoms with Crippen molar-refractivity contribution in [2.75, 3.05) is 49.2 Å². The van der Waals surface area contributed by atoms with E-state index in [9.17, 15) is 4.79 Å². The molecule has 2 saturated heterocycles. The Labute approximate surface area is 171 Å². The van der Waals surface area contributed by atoms with Crippen LogP contribution < -0.4 is 15.1 Å². The Hall–Kier alpha value is -2.61. The van der Waals surface area contributed by atoms with Gasteiger partial charge >= 0.3 is 0 Å². The number of anilines is 2. The van der Waals surface area contributed by atoms with Gasteiger partial charge in [-0.3, -0.25) is 4.79 Å². The summed E-state index contributed by atoms with van der Waals surface area (Å²) in [6.07, 6.45) is 5.59. The highest BCUT2D eigenvalue weighted by Gasteiger charge is 2.25. The van der Waals surface area contributed by atoms with E-state index in [-0.39, 0.29) is 18.0 Å². The van der Waals surface area contributed by atoms with E-state index in [1.807, 2.05) is 22.9 Å². The van der Waals surface area contributed by atoms with Gasteiger partial charge in [0.15, 0.2) is 0 Å². The van der Waals surface area contributed by atoms with Gasteiger partial charge in [0.05, 0.1) is 13.2 Å². The fourth-order valence-electron chi connectivity index (χ4n) is 4.07. The number of carbonyl (C=O) groups excluding carboxylic acids is 1. The fraction of sp³-hybridized carbons (Fsp3) is 0.571. The van der Waals surface area contributed by atoms with E-state index in [0.29, 0.717) is 5.69 Å². The maximum atomic E-state index is 12.8. The summed E-state index contributed by atoms with van der Waals surface area (Å²) in [4.78, 5) is 26.2. The Morgan fingerprint density at radius 2 is 1.93 bits per heavy atom. The van der Waals surface area contributed by atoms with Crippen LogP contribution >= 0.6 is 0 Å². The molecule has 1 N–H and O–H groups in total. The van der Waals surface area contributed by atoms with Gasteiger partial charge in [0.25, 0.3) is 5.91 Å². The minimum absolute atomic E-state index is 0.00718. The average molecular weight is 399 g/mol. The Kier molecular flexibility index (Phi) is 5.99. The summed E-state index contributed by atoms with van der Waals surface area (Å²) in [5, 5.41) is 3.22. The molecule has 1 amide bonds. The Morgan fingerprint density at radius 3 is 2.69 bits per heavy atom. The van der Waals surface area contributed by atoms with E-state index in [0.717, 1.165) is 63.9 Å². The van der Waals surface area contributed by atoms with Gasteiger partial charge in [-0.15, -0.1) is 0 Å². The van der Waals surface area contributed by atoms with E-state index >= 15 is 0 Å². The molecule has 0 radical (unpaired) electrons. The topological polar surface area (TPSA) is 75.5 Å². The first-order valence-corrected chi connectivity index (χ1v) is 10.5. The van der Waals surface area contributed by atoms with Gasteiger partial charge in [0.1, 0.15) is 23.7 Å². The summed E-state index contributed by atoms with van der Waals surface area (Å²) in [5.41, 5.74) is 0.716. The van der Waals surface area contributed by atoms with Crippen molar-refractivity contribution < 1.29 is 9.53 Å². The van der Waals surface area contributed by atoms with Crippen molar-refractivity contribution >= 4 is 17.5 Å². The molecule has 8 nitrogen and oxygen atoms in total. The number of amides is 1. The van der Waals surface area contributed by atoms with Crippen LogP contribution in [0.3, 0.4) is 0 Å². The van der Waals surface area contributed by atoms with Crippen molar-refractivity contribution in [2.45, 2.75) is 38.8 Å². The third kappa shape index (κ3) is 4.53. The molecule has 1 atom stereocenters. The van der Waals surface area contributed by atoms with Crippen molar-refractivity contribution in [3.8, 4) is 0 Å². The molecule has 0 bridgehead atoms. The lowest BCUT2D eigenvalue weighted by Crippen LogP contribution is -2.48. The van der Waals surface area contributed by atoms with Gasteiger partial charge in [-0.1, -0.05) is 0 Å². The third-order valence-corrected chi connectivity index (χ3v) is 5.62. The summed E-state index contributed by atoms with van der Waals surface area (Å²) < 4.78 is 7.44. The van der Waals surface area contributed by atoms with Crippen LogP contribution in [0.25, 0.3) is 0 Å². The number of aromatic nitrogens is 3. The number of hydrogen-bond donors (Lipinski definition) is 1. The minimum atomic E-state index is -0.00718. The quantitative estimate of drug-likeness (QED) is 0.831. The average Bonchev–Trinajstić information content (AvgIpc) is 3.25. The van der Waals surface area contributed by atoms with E-state index in [4.69, 9.17) is 4.74 Å². The van der Waals surface area contributed by atoms with Gasteiger partial charge in [-0.25, -0.2) is 9.97 Å².